The first kappa shape index (κ1) is 29.7. The summed E-state index contributed by atoms with van der Waals surface area (Å²) in [6.45, 7) is 14.7. The van der Waals surface area contributed by atoms with E-state index >= 15 is 0 Å². The van der Waals surface area contributed by atoms with Crippen molar-refractivity contribution in [2.75, 3.05) is 0 Å². The van der Waals surface area contributed by atoms with Gasteiger partial charge in [0.05, 0.1) is 22.3 Å². The van der Waals surface area contributed by atoms with Gasteiger partial charge in [-0.1, -0.05) is 39.0 Å². The van der Waals surface area contributed by atoms with Crippen LogP contribution in [0.5, 0.6) is 5.75 Å². The summed E-state index contributed by atoms with van der Waals surface area (Å²) in [7, 11) is 0. The Morgan fingerprint density at radius 2 is 1.63 bits per heavy atom. The molecule has 0 saturated heterocycles. The van der Waals surface area contributed by atoms with E-state index in [1.54, 1.807) is 42.6 Å². The summed E-state index contributed by atoms with van der Waals surface area (Å²) < 4.78 is 7.78. The van der Waals surface area contributed by atoms with Crippen molar-refractivity contribution < 1.29 is 24.2 Å². The molecular formula is C34H38N2O5. The average Bonchev–Trinajstić information content (AvgIpc) is 3.19. The molecule has 0 spiro atoms. The summed E-state index contributed by atoms with van der Waals surface area (Å²) in [5.41, 5.74) is 3.70. The number of aromatic nitrogens is 2. The van der Waals surface area contributed by atoms with Gasteiger partial charge in [-0.15, -0.1) is 0 Å². The van der Waals surface area contributed by atoms with Crippen LogP contribution in [0.2, 0.25) is 0 Å². The summed E-state index contributed by atoms with van der Waals surface area (Å²) in [6, 6.07) is 14.7. The lowest BCUT2D eigenvalue weighted by molar-refractivity contribution is -0.146. The fourth-order valence-electron chi connectivity index (χ4n) is 4.80. The number of ketones is 2. The Balaban J connectivity index is 1.97. The van der Waals surface area contributed by atoms with Gasteiger partial charge in [0.25, 0.3) is 0 Å². The number of Topliss-reactive ketones (excluding diaryl/α,β-unsaturated/α-hetero) is 1. The van der Waals surface area contributed by atoms with Gasteiger partial charge in [0.1, 0.15) is 12.4 Å². The number of ether oxygens (including phenoxy) is 1. The van der Waals surface area contributed by atoms with Crippen LogP contribution in [0.3, 0.4) is 0 Å². The fourth-order valence-corrected chi connectivity index (χ4v) is 4.80. The Hall–Kier alpha value is -4.26. The lowest BCUT2D eigenvalue weighted by atomic mass is 9.79. The number of pyridine rings is 2. The van der Waals surface area contributed by atoms with Gasteiger partial charge < -0.3 is 14.2 Å². The number of fused-ring (bicyclic) bond motifs is 1. The Morgan fingerprint density at radius 1 is 0.927 bits per heavy atom. The molecule has 0 radical (unpaired) electrons. The van der Waals surface area contributed by atoms with Gasteiger partial charge in [0.15, 0.2) is 5.78 Å². The highest BCUT2D eigenvalue weighted by Gasteiger charge is 2.37. The molecule has 3 aromatic heterocycles. The number of hydrogen-bond donors (Lipinski definition) is 1. The molecule has 1 aromatic carbocycles. The van der Waals surface area contributed by atoms with E-state index in [2.05, 4.69) is 4.98 Å². The van der Waals surface area contributed by atoms with Crippen LogP contribution in [0.4, 0.5) is 0 Å². The number of aliphatic carboxylic acids is 1. The molecule has 41 heavy (non-hydrogen) atoms. The topological polar surface area (TPSA) is 98.0 Å². The zero-order valence-corrected chi connectivity index (χ0v) is 25.1. The van der Waals surface area contributed by atoms with Gasteiger partial charge >= 0.3 is 5.97 Å². The third-order valence-corrected chi connectivity index (χ3v) is 7.43. The molecule has 3 heterocycles. The van der Waals surface area contributed by atoms with E-state index in [9.17, 15) is 19.5 Å². The van der Waals surface area contributed by atoms with Crippen molar-refractivity contribution in [3.8, 4) is 5.75 Å². The predicted molar refractivity (Wildman–Crippen MR) is 159 cm³/mol. The molecule has 1 N–H and O–H groups in total. The molecule has 0 atom stereocenters. The molecule has 7 nitrogen and oxygen atoms in total. The van der Waals surface area contributed by atoms with Crippen LogP contribution in [0.15, 0.2) is 54.7 Å². The molecule has 7 heteroatoms. The van der Waals surface area contributed by atoms with Crippen molar-refractivity contribution >= 4 is 23.1 Å². The second-order valence-electron chi connectivity index (χ2n) is 12.5. The van der Waals surface area contributed by atoms with E-state index < -0.39 is 16.8 Å². The molecule has 0 unspecified atom stereocenters. The average molecular weight is 555 g/mol. The minimum absolute atomic E-state index is 0.00349. The van der Waals surface area contributed by atoms with Gasteiger partial charge in [0, 0.05) is 34.5 Å². The number of carbonyl (C=O) groups excluding carboxylic acids is 2. The van der Waals surface area contributed by atoms with Crippen molar-refractivity contribution in [2.45, 2.75) is 68.4 Å². The first-order valence-electron chi connectivity index (χ1n) is 13.7. The van der Waals surface area contributed by atoms with Crippen molar-refractivity contribution in [1.29, 1.82) is 0 Å². The lowest BCUT2D eigenvalue weighted by Crippen LogP contribution is -2.29. The minimum Gasteiger partial charge on any atom is -0.487 e. The predicted octanol–water partition coefficient (Wildman–Crippen LogP) is 6.95. The Kier molecular flexibility index (Phi) is 7.94. The number of carboxylic acid groups (broad SMARTS) is 1. The van der Waals surface area contributed by atoms with E-state index in [1.807, 2.05) is 71.9 Å². The summed E-state index contributed by atoms with van der Waals surface area (Å²) >= 11 is 0. The van der Waals surface area contributed by atoms with Crippen LogP contribution in [-0.4, -0.2) is 32.0 Å². The maximum Gasteiger partial charge on any atom is 0.309 e. The molecule has 0 aliphatic rings. The number of carboxylic acids is 1. The number of rotatable bonds is 9. The van der Waals surface area contributed by atoms with Crippen LogP contribution in [0.25, 0.3) is 5.52 Å². The van der Waals surface area contributed by atoms with E-state index in [0.29, 0.717) is 28.0 Å². The molecule has 0 aliphatic carbocycles. The summed E-state index contributed by atoms with van der Waals surface area (Å²) in [5, 5.41) is 10.0. The quantitative estimate of drug-likeness (QED) is 0.225. The highest BCUT2D eigenvalue weighted by Crippen LogP contribution is 2.37. The molecule has 0 bridgehead atoms. The second kappa shape index (κ2) is 11.0. The molecule has 214 valence electrons. The van der Waals surface area contributed by atoms with Crippen molar-refractivity contribution in [2.24, 2.45) is 10.8 Å². The zero-order valence-electron chi connectivity index (χ0n) is 25.1. The van der Waals surface area contributed by atoms with Gasteiger partial charge in [-0.25, -0.2) is 0 Å². The molecule has 0 aliphatic heterocycles. The molecule has 0 fully saturated rings. The summed E-state index contributed by atoms with van der Waals surface area (Å²) in [6.07, 6.45) is 1.72. The minimum atomic E-state index is -1.23. The van der Waals surface area contributed by atoms with Crippen LogP contribution in [-0.2, 0) is 17.8 Å². The Morgan fingerprint density at radius 3 is 2.24 bits per heavy atom. The van der Waals surface area contributed by atoms with Crippen molar-refractivity contribution in [1.82, 2.24) is 9.38 Å². The highest BCUT2D eigenvalue weighted by molar-refractivity contribution is 6.15. The van der Waals surface area contributed by atoms with Gasteiger partial charge in [-0.2, -0.15) is 0 Å². The van der Waals surface area contributed by atoms with Crippen LogP contribution in [0, 0.1) is 31.6 Å². The first-order valence-corrected chi connectivity index (χ1v) is 13.7. The van der Waals surface area contributed by atoms with E-state index in [4.69, 9.17) is 4.74 Å². The number of aryl methyl sites for hydroxylation is 3. The molecule has 4 aromatic rings. The molecule has 4 rings (SSSR count). The monoisotopic (exact) mass is 554 g/mol. The molecule has 0 saturated carbocycles. The summed E-state index contributed by atoms with van der Waals surface area (Å²) in [4.78, 5) is 45.0. The number of benzene rings is 1. The van der Waals surface area contributed by atoms with Gasteiger partial charge in [0.2, 0.25) is 5.78 Å². The molecule has 0 amide bonds. The van der Waals surface area contributed by atoms with Crippen molar-refractivity contribution in [3.05, 3.63) is 99.6 Å². The SMILES string of the molecule is Cc1cccc(COc2ccn3c(C(=O)c4ccc(C)c(C)c4)c(CC(C)(C)C(=O)O)c(C(=O)C(C)(C)C)c3c2)n1. The standard InChI is InChI=1S/C34H38N2O5/c1-20-12-13-23(16-21(20)2)30(37)29-26(18-34(7,8)32(39)40)28(31(38)33(4,5)6)27-17-25(14-15-36(27)29)41-19-24-11-9-10-22(3)35-24/h9-17H,18-19H2,1-8H3,(H,39,40). The van der Waals surface area contributed by atoms with Gasteiger partial charge in [-0.05, 0) is 82.0 Å². The fraction of sp³-hybridized carbons (Fsp3) is 0.353. The van der Waals surface area contributed by atoms with Crippen molar-refractivity contribution in [3.63, 3.8) is 0 Å². The van der Waals surface area contributed by atoms with E-state index in [1.165, 1.54) is 0 Å². The highest BCUT2D eigenvalue weighted by atomic mass is 16.5. The maximum atomic E-state index is 14.2. The Labute approximate surface area is 241 Å². The van der Waals surface area contributed by atoms with E-state index in [0.717, 1.165) is 22.5 Å². The largest absolute Gasteiger partial charge is 0.487 e. The van der Waals surface area contributed by atoms with Crippen LogP contribution < -0.4 is 4.74 Å². The number of carbonyl (C=O) groups is 3. The van der Waals surface area contributed by atoms with Crippen LogP contribution in [0.1, 0.15) is 89.1 Å². The number of hydrogen-bond acceptors (Lipinski definition) is 5. The van der Waals surface area contributed by atoms with E-state index in [-0.39, 0.29) is 30.3 Å². The lowest BCUT2D eigenvalue weighted by Gasteiger charge is -2.22. The van der Waals surface area contributed by atoms with Crippen LogP contribution >= 0.6 is 0 Å². The second-order valence-corrected chi connectivity index (χ2v) is 12.5. The first-order chi connectivity index (χ1) is 19.1. The maximum absolute atomic E-state index is 14.2. The Bertz CT molecular complexity index is 1670. The third kappa shape index (κ3) is 6.09. The third-order valence-electron chi connectivity index (χ3n) is 7.43. The normalized spacial score (nSPS) is 12.0. The smallest absolute Gasteiger partial charge is 0.309 e. The summed E-state index contributed by atoms with van der Waals surface area (Å²) in [5.74, 6) is -0.954. The zero-order chi connectivity index (χ0) is 30.3. The molecular weight excluding hydrogens is 516 g/mol. The number of nitrogens with zero attached hydrogens (tertiary/aromatic N) is 2. The van der Waals surface area contributed by atoms with Gasteiger partial charge in [-0.3, -0.25) is 19.4 Å².